The highest BCUT2D eigenvalue weighted by molar-refractivity contribution is 7.19. The Labute approximate surface area is 201 Å². The lowest BCUT2D eigenvalue weighted by molar-refractivity contribution is -0.126. The van der Waals surface area contributed by atoms with E-state index < -0.39 is 0 Å². The van der Waals surface area contributed by atoms with Crippen LogP contribution in [0, 0.1) is 0 Å². The van der Waals surface area contributed by atoms with E-state index in [0.717, 1.165) is 39.6 Å². The molecule has 3 aromatic rings. The van der Waals surface area contributed by atoms with Gasteiger partial charge in [0, 0.05) is 35.8 Å². The number of thiophene rings is 1. The van der Waals surface area contributed by atoms with Gasteiger partial charge in [-0.1, -0.05) is 29.3 Å². The molecule has 1 aliphatic heterocycles. The van der Waals surface area contributed by atoms with E-state index in [1.54, 1.807) is 35.9 Å². The summed E-state index contributed by atoms with van der Waals surface area (Å²) in [6.45, 7) is 6.28. The molecule has 0 saturated heterocycles. The topological polar surface area (TPSA) is 61.4 Å². The Morgan fingerprint density at radius 3 is 2.88 bits per heavy atom. The monoisotopic (exact) mass is 489 g/mol. The molecule has 6 nitrogen and oxygen atoms in total. The van der Waals surface area contributed by atoms with Gasteiger partial charge in [-0.3, -0.25) is 4.79 Å². The van der Waals surface area contributed by atoms with Crippen LogP contribution in [0.4, 0.5) is 11.5 Å². The van der Waals surface area contributed by atoms with Gasteiger partial charge in [0.2, 0.25) is 5.91 Å². The maximum Gasteiger partial charge on any atom is 0.246 e. The molecular formula is C23H25Cl2N5OS. The Morgan fingerprint density at radius 1 is 1.31 bits per heavy atom. The summed E-state index contributed by atoms with van der Waals surface area (Å²) in [5.74, 6) is 0.785. The van der Waals surface area contributed by atoms with Crippen molar-refractivity contribution in [2.75, 3.05) is 25.5 Å². The van der Waals surface area contributed by atoms with Crippen molar-refractivity contribution in [3.05, 3.63) is 57.2 Å². The van der Waals surface area contributed by atoms with Gasteiger partial charge in [-0.2, -0.15) is 0 Å². The molecule has 1 amide bonds. The SMILES string of the molecule is CC(C)N(C)CC=CC(=O)N1CCc2c(sc3ncnc(Nc4ccc(Cl)c(Cl)c4)c23)C1. The second-order valence-corrected chi connectivity index (χ2v) is 10.0. The van der Waals surface area contributed by atoms with Crippen molar-refractivity contribution in [2.45, 2.75) is 32.9 Å². The largest absolute Gasteiger partial charge is 0.340 e. The average Bonchev–Trinajstić information content (AvgIpc) is 3.14. The first-order valence-corrected chi connectivity index (χ1v) is 12.0. The lowest BCUT2D eigenvalue weighted by Crippen LogP contribution is -2.34. The number of halogens is 2. The van der Waals surface area contributed by atoms with Crippen LogP contribution in [0.5, 0.6) is 0 Å². The molecule has 1 aromatic carbocycles. The number of nitrogens with one attached hydrogen (secondary N) is 1. The van der Waals surface area contributed by atoms with E-state index in [-0.39, 0.29) is 5.91 Å². The summed E-state index contributed by atoms with van der Waals surface area (Å²) in [4.78, 5) is 27.8. The van der Waals surface area contributed by atoms with Crippen molar-refractivity contribution in [3.8, 4) is 0 Å². The summed E-state index contributed by atoms with van der Waals surface area (Å²) >= 11 is 13.8. The van der Waals surface area contributed by atoms with Gasteiger partial charge >= 0.3 is 0 Å². The molecular weight excluding hydrogens is 465 g/mol. The van der Waals surface area contributed by atoms with E-state index in [1.165, 1.54) is 5.56 Å². The molecule has 1 N–H and O–H groups in total. The van der Waals surface area contributed by atoms with Gasteiger partial charge in [-0.05, 0) is 51.1 Å². The minimum absolute atomic E-state index is 0.0468. The third kappa shape index (κ3) is 4.91. The van der Waals surface area contributed by atoms with Crippen LogP contribution >= 0.6 is 34.5 Å². The van der Waals surface area contributed by atoms with E-state index in [4.69, 9.17) is 23.2 Å². The third-order valence-corrected chi connectivity index (χ3v) is 7.53. The first kappa shape index (κ1) is 23.0. The van der Waals surface area contributed by atoms with Crippen molar-refractivity contribution < 1.29 is 4.79 Å². The van der Waals surface area contributed by atoms with Crippen molar-refractivity contribution in [1.29, 1.82) is 0 Å². The zero-order chi connectivity index (χ0) is 22.8. The van der Waals surface area contributed by atoms with Gasteiger partial charge in [0.25, 0.3) is 0 Å². The molecule has 4 rings (SSSR count). The first-order chi connectivity index (χ1) is 15.3. The van der Waals surface area contributed by atoms with Crippen molar-refractivity contribution >= 4 is 62.2 Å². The molecule has 0 aliphatic carbocycles. The molecule has 0 bridgehead atoms. The Morgan fingerprint density at radius 2 is 2.12 bits per heavy atom. The predicted molar refractivity (Wildman–Crippen MR) is 133 cm³/mol. The van der Waals surface area contributed by atoms with Crippen LogP contribution < -0.4 is 5.32 Å². The number of anilines is 2. The number of hydrogen-bond donors (Lipinski definition) is 1. The molecule has 2 aromatic heterocycles. The fourth-order valence-electron chi connectivity index (χ4n) is 3.56. The second-order valence-electron chi connectivity index (χ2n) is 8.11. The number of hydrogen-bond acceptors (Lipinski definition) is 6. The lowest BCUT2D eigenvalue weighted by atomic mass is 10.0. The van der Waals surface area contributed by atoms with Crippen molar-refractivity contribution in [1.82, 2.24) is 19.8 Å². The molecule has 0 radical (unpaired) electrons. The maximum atomic E-state index is 12.7. The zero-order valence-electron chi connectivity index (χ0n) is 18.2. The van der Waals surface area contributed by atoms with Gasteiger partial charge in [-0.25, -0.2) is 9.97 Å². The number of nitrogens with zero attached hydrogens (tertiary/aromatic N) is 4. The van der Waals surface area contributed by atoms with Gasteiger partial charge in [0.15, 0.2) is 0 Å². The summed E-state index contributed by atoms with van der Waals surface area (Å²) in [6.07, 6.45) is 5.95. The van der Waals surface area contributed by atoms with E-state index in [0.29, 0.717) is 29.2 Å². The second kappa shape index (κ2) is 9.75. The van der Waals surface area contributed by atoms with Crippen LogP contribution in [0.3, 0.4) is 0 Å². The molecule has 168 valence electrons. The van der Waals surface area contributed by atoms with Crippen LogP contribution in [0.25, 0.3) is 10.2 Å². The molecule has 32 heavy (non-hydrogen) atoms. The molecule has 3 heterocycles. The van der Waals surface area contributed by atoms with Gasteiger partial charge in [-0.15, -0.1) is 11.3 Å². The third-order valence-electron chi connectivity index (χ3n) is 5.67. The van der Waals surface area contributed by atoms with Crippen LogP contribution in [-0.4, -0.2) is 51.9 Å². The Kier molecular flexibility index (Phi) is 7.00. The fourth-order valence-corrected chi connectivity index (χ4v) is 5.06. The van der Waals surface area contributed by atoms with Gasteiger partial charge in [0.05, 0.1) is 22.0 Å². The molecule has 0 atom stereocenters. The first-order valence-electron chi connectivity index (χ1n) is 10.5. The molecule has 0 saturated carbocycles. The Hall–Kier alpha value is -2.19. The highest BCUT2D eigenvalue weighted by Crippen LogP contribution is 2.38. The number of aromatic nitrogens is 2. The molecule has 0 spiro atoms. The highest BCUT2D eigenvalue weighted by Gasteiger charge is 2.25. The average molecular weight is 490 g/mol. The molecule has 0 fully saturated rings. The smallest absolute Gasteiger partial charge is 0.246 e. The van der Waals surface area contributed by atoms with Gasteiger partial charge < -0.3 is 15.1 Å². The lowest BCUT2D eigenvalue weighted by Gasteiger charge is -2.26. The molecule has 0 unspecified atom stereocenters. The predicted octanol–water partition coefficient (Wildman–Crippen LogP) is 5.52. The Balaban J connectivity index is 1.53. The standard InChI is InChI=1S/C23H25Cl2N5OS/c1-14(2)29(3)9-4-5-20(31)30-10-8-16-19(12-30)32-23-21(16)22(26-13-27-23)28-15-6-7-17(24)18(25)11-15/h4-7,11,13-14H,8-10,12H2,1-3H3,(H,26,27,28). The summed E-state index contributed by atoms with van der Waals surface area (Å²) < 4.78 is 0. The molecule has 1 aliphatic rings. The Bertz CT molecular complexity index is 1180. The number of carbonyl (C=O) groups excluding carboxylic acids is 1. The van der Waals surface area contributed by atoms with Crippen LogP contribution in [0.15, 0.2) is 36.7 Å². The van der Waals surface area contributed by atoms with Crippen LogP contribution in [0.1, 0.15) is 24.3 Å². The minimum Gasteiger partial charge on any atom is -0.340 e. The zero-order valence-corrected chi connectivity index (χ0v) is 20.6. The summed E-state index contributed by atoms with van der Waals surface area (Å²) in [5, 5.41) is 5.35. The van der Waals surface area contributed by atoms with Crippen LogP contribution in [-0.2, 0) is 17.8 Å². The minimum atomic E-state index is 0.0468. The quantitative estimate of drug-likeness (QED) is 0.461. The summed E-state index contributed by atoms with van der Waals surface area (Å²) in [5.41, 5.74) is 2.02. The fraction of sp³-hybridized carbons (Fsp3) is 0.348. The van der Waals surface area contributed by atoms with Gasteiger partial charge in [0.1, 0.15) is 17.0 Å². The summed E-state index contributed by atoms with van der Waals surface area (Å²) in [7, 11) is 2.05. The number of benzene rings is 1. The number of amides is 1. The molecule has 9 heteroatoms. The number of carbonyl (C=O) groups is 1. The number of likely N-dealkylation sites (N-methyl/N-ethyl adjacent to an activating group) is 1. The van der Waals surface area contributed by atoms with Crippen molar-refractivity contribution in [2.24, 2.45) is 0 Å². The number of fused-ring (bicyclic) bond motifs is 3. The highest BCUT2D eigenvalue weighted by atomic mass is 35.5. The van der Waals surface area contributed by atoms with E-state index in [9.17, 15) is 4.79 Å². The van der Waals surface area contributed by atoms with Crippen LogP contribution in [0.2, 0.25) is 10.0 Å². The summed E-state index contributed by atoms with van der Waals surface area (Å²) in [6, 6.07) is 5.84. The van der Waals surface area contributed by atoms with E-state index in [1.807, 2.05) is 17.0 Å². The van der Waals surface area contributed by atoms with E-state index >= 15 is 0 Å². The normalized spacial score (nSPS) is 14.0. The number of rotatable bonds is 6. The maximum absolute atomic E-state index is 12.7. The van der Waals surface area contributed by atoms with Crippen molar-refractivity contribution in [3.63, 3.8) is 0 Å². The van der Waals surface area contributed by atoms with E-state index in [2.05, 4.69) is 41.1 Å².